The highest BCUT2D eigenvalue weighted by Crippen LogP contribution is 2.28. The minimum absolute atomic E-state index is 0.0692. The Hall–Kier alpha value is -3.12. The molecule has 1 aromatic heterocycles. The maximum atomic E-state index is 12.7. The fraction of sp³-hybridized carbons (Fsp3) is 0.273. The number of hydrogen-bond donors (Lipinski definition) is 0. The van der Waals surface area contributed by atoms with Crippen LogP contribution in [0.5, 0.6) is 5.75 Å². The van der Waals surface area contributed by atoms with Crippen LogP contribution in [0.4, 0.5) is 5.69 Å². The summed E-state index contributed by atoms with van der Waals surface area (Å²) in [7, 11) is 1.60. The van der Waals surface area contributed by atoms with Gasteiger partial charge in [-0.1, -0.05) is 24.3 Å². The van der Waals surface area contributed by atoms with Crippen molar-refractivity contribution in [1.82, 2.24) is 4.57 Å². The SMILES string of the molecule is COCCn1ccc2c(OCC(=O)N3CCc4ccccc43)cccc2c1=O. The van der Waals surface area contributed by atoms with Gasteiger partial charge >= 0.3 is 0 Å². The van der Waals surface area contributed by atoms with Gasteiger partial charge in [0.1, 0.15) is 5.75 Å². The minimum atomic E-state index is -0.0974. The predicted octanol–water partition coefficient (Wildman–Crippen LogP) is 2.62. The lowest BCUT2D eigenvalue weighted by molar-refractivity contribution is -0.120. The molecule has 1 aliphatic rings. The first-order chi connectivity index (χ1) is 13.7. The van der Waals surface area contributed by atoms with Gasteiger partial charge in [0.2, 0.25) is 0 Å². The van der Waals surface area contributed by atoms with E-state index >= 15 is 0 Å². The van der Waals surface area contributed by atoms with Gasteiger partial charge in [-0.05, 0) is 36.2 Å². The van der Waals surface area contributed by atoms with Crippen molar-refractivity contribution in [2.45, 2.75) is 13.0 Å². The molecule has 0 bridgehead atoms. The summed E-state index contributed by atoms with van der Waals surface area (Å²) in [6.45, 7) is 1.55. The number of benzene rings is 2. The number of amides is 1. The fourth-order valence-electron chi connectivity index (χ4n) is 3.60. The van der Waals surface area contributed by atoms with Gasteiger partial charge in [-0.15, -0.1) is 0 Å². The summed E-state index contributed by atoms with van der Waals surface area (Å²) in [5.41, 5.74) is 2.03. The molecule has 0 spiro atoms. The van der Waals surface area contributed by atoms with E-state index in [9.17, 15) is 9.59 Å². The smallest absolute Gasteiger partial charge is 0.264 e. The normalized spacial score (nSPS) is 13.0. The van der Waals surface area contributed by atoms with Crippen molar-refractivity contribution < 1.29 is 14.3 Å². The molecule has 0 radical (unpaired) electrons. The fourth-order valence-corrected chi connectivity index (χ4v) is 3.60. The van der Waals surface area contributed by atoms with Crippen molar-refractivity contribution in [3.05, 3.63) is 70.6 Å². The number of carbonyl (C=O) groups is 1. The zero-order chi connectivity index (χ0) is 19.5. The molecule has 0 atom stereocenters. The largest absolute Gasteiger partial charge is 0.483 e. The first kappa shape index (κ1) is 18.3. The van der Waals surface area contributed by atoms with E-state index in [2.05, 4.69) is 0 Å². The molecule has 0 fully saturated rings. The van der Waals surface area contributed by atoms with Crippen molar-refractivity contribution in [3.63, 3.8) is 0 Å². The lowest BCUT2D eigenvalue weighted by atomic mass is 10.1. The summed E-state index contributed by atoms with van der Waals surface area (Å²) < 4.78 is 12.5. The molecule has 0 unspecified atom stereocenters. The standard InChI is InChI=1S/C22H22N2O4/c1-27-14-13-23-11-10-17-18(22(23)26)6-4-8-20(17)28-15-21(25)24-12-9-16-5-2-3-7-19(16)24/h2-8,10-11H,9,12-15H2,1H3. The maximum Gasteiger partial charge on any atom is 0.264 e. The first-order valence-corrected chi connectivity index (χ1v) is 9.31. The Labute approximate surface area is 162 Å². The summed E-state index contributed by atoms with van der Waals surface area (Å²) in [4.78, 5) is 27.1. The van der Waals surface area contributed by atoms with Gasteiger partial charge in [0.05, 0.1) is 12.0 Å². The van der Waals surface area contributed by atoms with Gasteiger partial charge in [-0.2, -0.15) is 0 Å². The summed E-state index contributed by atoms with van der Waals surface area (Å²) in [5, 5.41) is 1.27. The van der Waals surface area contributed by atoms with Crippen LogP contribution in [0.3, 0.4) is 0 Å². The first-order valence-electron chi connectivity index (χ1n) is 9.31. The Bertz CT molecular complexity index is 1070. The van der Waals surface area contributed by atoms with Crippen LogP contribution in [0.1, 0.15) is 5.56 Å². The number of fused-ring (bicyclic) bond motifs is 2. The van der Waals surface area contributed by atoms with Crippen LogP contribution in [0.15, 0.2) is 59.5 Å². The highest BCUT2D eigenvalue weighted by atomic mass is 16.5. The molecule has 1 aliphatic heterocycles. The van der Waals surface area contributed by atoms with Crippen molar-refractivity contribution in [1.29, 1.82) is 0 Å². The number of aromatic nitrogens is 1. The van der Waals surface area contributed by atoms with Crippen LogP contribution in [0, 0.1) is 0 Å². The summed E-state index contributed by atoms with van der Waals surface area (Å²) in [6, 6.07) is 15.1. The van der Waals surface area contributed by atoms with E-state index in [-0.39, 0.29) is 18.1 Å². The van der Waals surface area contributed by atoms with Gasteiger partial charge in [0.15, 0.2) is 6.61 Å². The third-order valence-electron chi connectivity index (χ3n) is 5.05. The molecule has 0 saturated heterocycles. The van der Waals surface area contributed by atoms with Crippen LogP contribution in [-0.2, 0) is 22.5 Å². The minimum Gasteiger partial charge on any atom is -0.483 e. The number of nitrogens with zero attached hydrogens (tertiary/aromatic N) is 2. The molecule has 0 aliphatic carbocycles. The number of hydrogen-bond acceptors (Lipinski definition) is 4. The molecule has 0 saturated carbocycles. The number of rotatable bonds is 6. The Morgan fingerprint density at radius 2 is 1.93 bits per heavy atom. The van der Waals surface area contributed by atoms with Crippen LogP contribution < -0.4 is 15.2 Å². The predicted molar refractivity (Wildman–Crippen MR) is 108 cm³/mol. The number of carbonyl (C=O) groups excluding carboxylic acids is 1. The summed E-state index contributed by atoms with van der Waals surface area (Å²) in [6.07, 6.45) is 2.59. The molecule has 3 aromatic rings. The summed E-state index contributed by atoms with van der Waals surface area (Å²) >= 11 is 0. The maximum absolute atomic E-state index is 12.7. The molecule has 2 heterocycles. The number of anilines is 1. The molecule has 144 valence electrons. The van der Waals surface area contributed by atoms with E-state index in [1.165, 1.54) is 5.56 Å². The van der Waals surface area contributed by atoms with Crippen molar-refractivity contribution in [2.24, 2.45) is 0 Å². The average molecular weight is 378 g/mol. The van der Waals surface area contributed by atoms with Crippen molar-refractivity contribution in [3.8, 4) is 5.75 Å². The van der Waals surface area contributed by atoms with Gasteiger partial charge < -0.3 is 18.9 Å². The molecule has 4 rings (SSSR count). The average Bonchev–Trinajstić information content (AvgIpc) is 3.16. The Morgan fingerprint density at radius 1 is 1.07 bits per heavy atom. The van der Waals surface area contributed by atoms with Gasteiger partial charge in [-0.25, -0.2) is 0 Å². The van der Waals surface area contributed by atoms with Crippen molar-refractivity contribution >= 4 is 22.4 Å². The van der Waals surface area contributed by atoms with Crippen LogP contribution in [-0.4, -0.2) is 37.3 Å². The number of ether oxygens (including phenoxy) is 2. The molecular weight excluding hydrogens is 356 g/mol. The number of pyridine rings is 1. The highest BCUT2D eigenvalue weighted by Gasteiger charge is 2.24. The highest BCUT2D eigenvalue weighted by molar-refractivity contribution is 5.97. The van der Waals surface area contributed by atoms with E-state index in [4.69, 9.17) is 9.47 Å². The Kier molecular flexibility index (Phi) is 5.12. The van der Waals surface area contributed by atoms with Gasteiger partial charge in [0.25, 0.3) is 11.5 Å². The zero-order valence-electron chi connectivity index (χ0n) is 15.8. The Morgan fingerprint density at radius 3 is 2.79 bits per heavy atom. The third-order valence-corrected chi connectivity index (χ3v) is 5.05. The number of para-hydroxylation sites is 1. The molecule has 28 heavy (non-hydrogen) atoms. The van der Waals surface area contributed by atoms with Gasteiger partial charge in [0, 0.05) is 37.5 Å². The molecular formula is C22H22N2O4. The quantitative estimate of drug-likeness (QED) is 0.662. The topological polar surface area (TPSA) is 60.8 Å². The monoisotopic (exact) mass is 378 g/mol. The molecule has 2 aromatic carbocycles. The van der Waals surface area contributed by atoms with E-state index in [0.29, 0.717) is 36.2 Å². The third kappa shape index (κ3) is 3.39. The summed E-state index contributed by atoms with van der Waals surface area (Å²) in [5.74, 6) is 0.449. The molecule has 6 nitrogen and oxygen atoms in total. The molecule has 0 N–H and O–H groups in total. The zero-order valence-corrected chi connectivity index (χ0v) is 15.8. The lowest BCUT2D eigenvalue weighted by Gasteiger charge is -2.18. The van der Waals surface area contributed by atoms with E-state index < -0.39 is 0 Å². The van der Waals surface area contributed by atoms with E-state index in [0.717, 1.165) is 12.1 Å². The van der Waals surface area contributed by atoms with Crippen LogP contribution in [0.2, 0.25) is 0 Å². The van der Waals surface area contributed by atoms with E-state index in [1.807, 2.05) is 30.3 Å². The molecule has 6 heteroatoms. The lowest BCUT2D eigenvalue weighted by Crippen LogP contribution is -2.33. The van der Waals surface area contributed by atoms with Crippen LogP contribution in [0.25, 0.3) is 10.8 Å². The van der Waals surface area contributed by atoms with Crippen molar-refractivity contribution in [2.75, 3.05) is 31.8 Å². The van der Waals surface area contributed by atoms with Crippen LogP contribution >= 0.6 is 0 Å². The second-order valence-corrected chi connectivity index (χ2v) is 6.74. The number of methoxy groups -OCH3 is 1. The van der Waals surface area contributed by atoms with Gasteiger partial charge in [-0.3, -0.25) is 9.59 Å². The second-order valence-electron chi connectivity index (χ2n) is 6.74. The molecule has 1 amide bonds. The van der Waals surface area contributed by atoms with E-state index in [1.54, 1.807) is 41.0 Å². The second kappa shape index (κ2) is 7.86. The Balaban J connectivity index is 1.53.